The van der Waals surface area contributed by atoms with E-state index in [0.717, 1.165) is 0 Å². The third kappa shape index (κ3) is 3.58. The summed E-state index contributed by atoms with van der Waals surface area (Å²) in [7, 11) is 0. The maximum atomic E-state index is 12.0. The molecule has 0 N–H and O–H groups in total. The highest BCUT2D eigenvalue weighted by atomic mass is 35.5. The van der Waals surface area contributed by atoms with E-state index in [9.17, 15) is 4.79 Å². The average molecular weight is 350 g/mol. The second-order valence-corrected chi connectivity index (χ2v) is 5.52. The molecule has 6 heteroatoms. The summed E-state index contributed by atoms with van der Waals surface area (Å²) < 4.78 is 5.36. The number of carbonyl (C=O) groups is 1. The molecule has 0 aliphatic rings. The maximum Gasteiger partial charge on any atom is 0.201 e. The van der Waals surface area contributed by atoms with Gasteiger partial charge in [0.1, 0.15) is 5.75 Å². The second kappa shape index (κ2) is 6.68. The van der Waals surface area contributed by atoms with Gasteiger partial charge in [-0.1, -0.05) is 58.5 Å². The van der Waals surface area contributed by atoms with Crippen LogP contribution in [0.1, 0.15) is 10.4 Å². The Kier molecular flexibility index (Phi) is 5.17. The van der Waals surface area contributed by atoms with Crippen LogP contribution in [-0.4, -0.2) is 12.4 Å². The number of benzene rings is 2. The third-order valence-corrected chi connectivity index (χ3v) is 3.85. The second-order valence-electron chi connectivity index (χ2n) is 3.89. The molecule has 2 aromatic carbocycles. The van der Waals surface area contributed by atoms with Crippen molar-refractivity contribution >= 4 is 52.2 Å². The molecule has 0 atom stereocenters. The van der Waals surface area contributed by atoms with Crippen molar-refractivity contribution in [1.29, 1.82) is 0 Å². The van der Waals surface area contributed by atoms with Gasteiger partial charge in [-0.15, -0.1) is 0 Å². The Labute approximate surface area is 136 Å². The summed E-state index contributed by atoms with van der Waals surface area (Å²) in [6, 6.07) is 9.67. The Hall–Kier alpha value is -0.930. The predicted octanol–water partition coefficient (Wildman–Crippen LogP) is 5.56. The fourth-order valence-electron chi connectivity index (χ4n) is 1.52. The van der Waals surface area contributed by atoms with Gasteiger partial charge in [0.15, 0.2) is 6.61 Å². The van der Waals surface area contributed by atoms with E-state index in [1.54, 1.807) is 24.3 Å². The van der Waals surface area contributed by atoms with Crippen molar-refractivity contribution < 1.29 is 9.53 Å². The standard InChI is InChI=1S/C14H8Cl4O2/c15-9-4-2-1-3-8(9)13(19)7-20-14-6-11(17)10(16)5-12(14)18/h1-6H,7H2. The molecule has 0 saturated carbocycles. The van der Waals surface area contributed by atoms with Crippen LogP contribution in [0.2, 0.25) is 20.1 Å². The van der Waals surface area contributed by atoms with Crippen molar-refractivity contribution in [3.05, 3.63) is 62.1 Å². The molecule has 0 fully saturated rings. The van der Waals surface area contributed by atoms with Gasteiger partial charge in [-0.25, -0.2) is 0 Å². The van der Waals surface area contributed by atoms with E-state index in [2.05, 4.69) is 0 Å². The largest absolute Gasteiger partial charge is 0.484 e. The number of Topliss-reactive ketones (excluding diaryl/α,β-unsaturated/α-hetero) is 1. The van der Waals surface area contributed by atoms with E-state index in [1.807, 2.05) is 0 Å². The smallest absolute Gasteiger partial charge is 0.201 e. The van der Waals surface area contributed by atoms with Crippen LogP contribution in [0.5, 0.6) is 5.75 Å². The normalized spacial score (nSPS) is 10.4. The van der Waals surface area contributed by atoms with Gasteiger partial charge in [-0.05, 0) is 18.2 Å². The van der Waals surface area contributed by atoms with E-state index >= 15 is 0 Å². The third-order valence-electron chi connectivity index (χ3n) is 2.51. The van der Waals surface area contributed by atoms with Crippen LogP contribution in [0, 0.1) is 0 Å². The van der Waals surface area contributed by atoms with Gasteiger partial charge >= 0.3 is 0 Å². The lowest BCUT2D eigenvalue weighted by Gasteiger charge is -2.09. The van der Waals surface area contributed by atoms with Gasteiger partial charge in [-0.3, -0.25) is 4.79 Å². The lowest BCUT2D eigenvalue weighted by Crippen LogP contribution is -2.12. The Balaban J connectivity index is 2.12. The molecule has 104 valence electrons. The van der Waals surface area contributed by atoms with Crippen LogP contribution in [0.4, 0.5) is 0 Å². The molecule has 0 heterocycles. The number of halogens is 4. The molecule has 0 spiro atoms. The Morgan fingerprint density at radius 3 is 2.25 bits per heavy atom. The average Bonchev–Trinajstić information content (AvgIpc) is 2.41. The molecule has 2 rings (SSSR count). The van der Waals surface area contributed by atoms with Crippen LogP contribution < -0.4 is 4.74 Å². The minimum Gasteiger partial charge on any atom is -0.484 e. The van der Waals surface area contributed by atoms with E-state index < -0.39 is 0 Å². The molecule has 0 saturated heterocycles. The first-order valence-corrected chi connectivity index (χ1v) is 7.05. The lowest BCUT2D eigenvalue weighted by molar-refractivity contribution is 0.0922. The molecule has 0 aliphatic carbocycles. The summed E-state index contributed by atoms with van der Waals surface area (Å²) in [5.41, 5.74) is 0.394. The highest BCUT2D eigenvalue weighted by molar-refractivity contribution is 6.43. The highest BCUT2D eigenvalue weighted by Gasteiger charge is 2.13. The van der Waals surface area contributed by atoms with Crippen molar-refractivity contribution in [2.24, 2.45) is 0 Å². The minimum atomic E-state index is -0.252. The number of hydrogen-bond donors (Lipinski definition) is 0. The van der Waals surface area contributed by atoms with Gasteiger partial charge in [0.2, 0.25) is 5.78 Å². The number of carbonyl (C=O) groups excluding carboxylic acids is 1. The zero-order valence-electron chi connectivity index (χ0n) is 10.00. The van der Waals surface area contributed by atoms with Crippen molar-refractivity contribution in [3.8, 4) is 5.75 Å². The summed E-state index contributed by atoms with van der Waals surface area (Å²) >= 11 is 23.6. The molecule has 0 aliphatic heterocycles. The van der Waals surface area contributed by atoms with Gasteiger partial charge in [-0.2, -0.15) is 0 Å². The van der Waals surface area contributed by atoms with E-state index in [0.29, 0.717) is 26.4 Å². The van der Waals surface area contributed by atoms with E-state index in [-0.39, 0.29) is 17.4 Å². The molecular formula is C14H8Cl4O2. The van der Waals surface area contributed by atoms with Gasteiger partial charge < -0.3 is 4.74 Å². The first-order chi connectivity index (χ1) is 9.49. The lowest BCUT2D eigenvalue weighted by atomic mass is 10.1. The van der Waals surface area contributed by atoms with Crippen LogP contribution in [0.15, 0.2) is 36.4 Å². The molecule has 0 amide bonds. The van der Waals surface area contributed by atoms with Crippen LogP contribution in [0.3, 0.4) is 0 Å². The zero-order valence-corrected chi connectivity index (χ0v) is 13.0. The van der Waals surface area contributed by atoms with Crippen molar-refractivity contribution in [3.63, 3.8) is 0 Å². The van der Waals surface area contributed by atoms with Crippen LogP contribution in [-0.2, 0) is 0 Å². The molecule has 0 unspecified atom stereocenters. The van der Waals surface area contributed by atoms with Gasteiger partial charge in [0.25, 0.3) is 0 Å². The van der Waals surface area contributed by atoms with Crippen molar-refractivity contribution in [2.75, 3.05) is 6.61 Å². The number of hydrogen-bond acceptors (Lipinski definition) is 2. The fraction of sp³-hybridized carbons (Fsp3) is 0.0714. The quantitative estimate of drug-likeness (QED) is 0.533. The van der Waals surface area contributed by atoms with E-state index in [1.165, 1.54) is 12.1 Å². The van der Waals surface area contributed by atoms with Gasteiger partial charge in [0.05, 0.1) is 20.1 Å². The summed E-state index contributed by atoms with van der Waals surface area (Å²) in [6.45, 7) is -0.193. The topological polar surface area (TPSA) is 26.3 Å². The Morgan fingerprint density at radius 1 is 0.900 bits per heavy atom. The maximum absolute atomic E-state index is 12.0. The molecule has 2 nitrogen and oxygen atoms in total. The van der Waals surface area contributed by atoms with Gasteiger partial charge in [0, 0.05) is 11.6 Å². The number of ether oxygens (including phenoxy) is 1. The molecule has 0 bridgehead atoms. The first kappa shape index (κ1) is 15.5. The molecule has 0 aromatic heterocycles. The summed E-state index contributed by atoms with van der Waals surface area (Å²) in [5.74, 6) is 0.0409. The molecule has 2 aromatic rings. The predicted molar refractivity (Wildman–Crippen MR) is 82.7 cm³/mol. The van der Waals surface area contributed by atoms with Crippen molar-refractivity contribution in [2.45, 2.75) is 0 Å². The first-order valence-electron chi connectivity index (χ1n) is 5.54. The Morgan fingerprint density at radius 2 is 1.55 bits per heavy atom. The minimum absolute atomic E-state index is 0.193. The number of ketones is 1. The van der Waals surface area contributed by atoms with Crippen LogP contribution in [0.25, 0.3) is 0 Å². The highest BCUT2D eigenvalue weighted by Crippen LogP contribution is 2.33. The van der Waals surface area contributed by atoms with E-state index in [4.69, 9.17) is 51.1 Å². The SMILES string of the molecule is O=C(COc1cc(Cl)c(Cl)cc1Cl)c1ccccc1Cl. The van der Waals surface area contributed by atoms with Crippen molar-refractivity contribution in [1.82, 2.24) is 0 Å². The molecule has 0 radical (unpaired) electrons. The fourth-order valence-corrected chi connectivity index (χ4v) is 2.36. The monoisotopic (exact) mass is 348 g/mol. The summed E-state index contributed by atoms with van der Waals surface area (Å²) in [4.78, 5) is 12.0. The molecular weight excluding hydrogens is 342 g/mol. The van der Waals surface area contributed by atoms with Crippen LogP contribution >= 0.6 is 46.4 Å². The summed E-state index contributed by atoms with van der Waals surface area (Å²) in [5, 5.41) is 1.28. The number of rotatable bonds is 4. The zero-order chi connectivity index (χ0) is 14.7. The summed E-state index contributed by atoms with van der Waals surface area (Å²) in [6.07, 6.45) is 0. The molecule has 20 heavy (non-hydrogen) atoms. The Bertz CT molecular complexity index is 656.